The Kier molecular flexibility index (Phi) is 5.70. The lowest BCUT2D eigenvalue weighted by molar-refractivity contribution is -0.123. The number of amides is 2. The third kappa shape index (κ3) is 4.01. The molecular formula is C21H19N3O4. The van der Waals surface area contributed by atoms with E-state index in [9.17, 15) is 14.4 Å². The molecule has 1 fully saturated rings. The summed E-state index contributed by atoms with van der Waals surface area (Å²) in [5, 5.41) is 11.7. The van der Waals surface area contributed by atoms with E-state index in [1.807, 2.05) is 6.07 Å². The fourth-order valence-electron chi connectivity index (χ4n) is 2.99. The predicted octanol–water partition coefficient (Wildman–Crippen LogP) is 2.87. The summed E-state index contributed by atoms with van der Waals surface area (Å²) in [4.78, 5) is 38.6. The number of ether oxygens (including phenoxy) is 1. The van der Waals surface area contributed by atoms with Gasteiger partial charge in [-0.05, 0) is 37.6 Å². The average molecular weight is 377 g/mol. The first-order valence-corrected chi connectivity index (χ1v) is 8.91. The van der Waals surface area contributed by atoms with Gasteiger partial charge in [0.1, 0.15) is 6.07 Å². The van der Waals surface area contributed by atoms with E-state index in [4.69, 9.17) is 10.00 Å². The number of carbonyl (C=O) groups excluding carboxylic acids is 3. The maximum atomic E-state index is 12.6. The van der Waals surface area contributed by atoms with E-state index in [1.165, 1.54) is 6.92 Å². The molecule has 1 heterocycles. The van der Waals surface area contributed by atoms with Gasteiger partial charge in [0.05, 0.1) is 22.5 Å². The maximum absolute atomic E-state index is 12.6. The summed E-state index contributed by atoms with van der Waals surface area (Å²) in [5.74, 6) is -1.28. The minimum Gasteiger partial charge on any atom is -0.449 e. The zero-order chi connectivity index (χ0) is 20.1. The van der Waals surface area contributed by atoms with Crippen molar-refractivity contribution in [2.75, 3.05) is 16.8 Å². The fraction of sp³-hybridized carbons (Fsp3) is 0.238. The molecule has 1 aliphatic rings. The summed E-state index contributed by atoms with van der Waals surface area (Å²) < 4.78 is 5.31. The van der Waals surface area contributed by atoms with Gasteiger partial charge in [-0.1, -0.05) is 24.3 Å². The van der Waals surface area contributed by atoms with Gasteiger partial charge in [-0.15, -0.1) is 0 Å². The molecule has 2 amide bonds. The molecule has 0 bridgehead atoms. The number of benzene rings is 2. The van der Waals surface area contributed by atoms with Gasteiger partial charge in [0.2, 0.25) is 5.91 Å². The molecule has 1 atom stereocenters. The molecule has 142 valence electrons. The van der Waals surface area contributed by atoms with Crippen LogP contribution in [-0.2, 0) is 14.3 Å². The third-order valence-corrected chi connectivity index (χ3v) is 4.45. The number of para-hydroxylation sites is 2. The number of nitriles is 1. The van der Waals surface area contributed by atoms with Gasteiger partial charge in [-0.2, -0.15) is 5.26 Å². The van der Waals surface area contributed by atoms with Crippen molar-refractivity contribution >= 4 is 29.2 Å². The van der Waals surface area contributed by atoms with Crippen LogP contribution in [0, 0.1) is 11.3 Å². The molecule has 2 aromatic carbocycles. The van der Waals surface area contributed by atoms with Gasteiger partial charge >= 0.3 is 5.97 Å². The van der Waals surface area contributed by atoms with Crippen LogP contribution < -0.4 is 10.2 Å². The Labute approximate surface area is 162 Å². The van der Waals surface area contributed by atoms with Crippen molar-refractivity contribution in [3.8, 4) is 6.07 Å². The monoisotopic (exact) mass is 377 g/mol. The fourth-order valence-corrected chi connectivity index (χ4v) is 2.99. The van der Waals surface area contributed by atoms with E-state index in [0.717, 1.165) is 6.42 Å². The Morgan fingerprint density at radius 3 is 2.61 bits per heavy atom. The quantitative estimate of drug-likeness (QED) is 0.808. The molecule has 0 radical (unpaired) electrons. The number of esters is 1. The van der Waals surface area contributed by atoms with E-state index >= 15 is 0 Å². The second-order valence-corrected chi connectivity index (χ2v) is 6.36. The number of carbonyl (C=O) groups is 3. The van der Waals surface area contributed by atoms with Crippen molar-refractivity contribution in [1.29, 1.82) is 5.26 Å². The highest BCUT2D eigenvalue weighted by Gasteiger charge is 2.27. The third-order valence-electron chi connectivity index (χ3n) is 4.45. The van der Waals surface area contributed by atoms with Gasteiger partial charge < -0.3 is 15.0 Å². The molecule has 1 saturated heterocycles. The van der Waals surface area contributed by atoms with E-state index in [-0.39, 0.29) is 11.5 Å². The smallest absolute Gasteiger partial charge is 0.341 e. The van der Waals surface area contributed by atoms with Gasteiger partial charge in [0, 0.05) is 13.0 Å². The van der Waals surface area contributed by atoms with Crippen LogP contribution in [0.2, 0.25) is 0 Å². The summed E-state index contributed by atoms with van der Waals surface area (Å²) in [7, 11) is 0. The van der Waals surface area contributed by atoms with Crippen molar-refractivity contribution in [2.45, 2.75) is 25.9 Å². The van der Waals surface area contributed by atoms with Gasteiger partial charge in [-0.3, -0.25) is 9.59 Å². The molecule has 2 aromatic rings. The van der Waals surface area contributed by atoms with Crippen LogP contribution >= 0.6 is 0 Å². The van der Waals surface area contributed by atoms with Crippen LogP contribution in [0.3, 0.4) is 0 Å². The second kappa shape index (κ2) is 8.35. The van der Waals surface area contributed by atoms with Crippen molar-refractivity contribution in [1.82, 2.24) is 0 Å². The SMILES string of the molecule is C[C@H](OC(=O)c1ccccc1N1CCCC1=O)C(=O)Nc1ccccc1C#N. The Morgan fingerprint density at radius 2 is 1.89 bits per heavy atom. The standard InChI is InChI=1S/C21H19N3O4/c1-14(20(26)23-17-9-4-2-7-15(17)13-22)28-21(27)16-8-3-5-10-18(16)24-12-6-11-19(24)25/h2-5,7-10,14H,6,11-12H2,1H3,(H,23,26)/t14-/m0/s1. The first-order chi connectivity index (χ1) is 13.5. The van der Waals surface area contributed by atoms with Crippen LogP contribution in [0.25, 0.3) is 0 Å². The first-order valence-electron chi connectivity index (χ1n) is 8.91. The topological polar surface area (TPSA) is 99.5 Å². The van der Waals surface area contributed by atoms with Gasteiger partial charge in [0.25, 0.3) is 5.91 Å². The van der Waals surface area contributed by atoms with E-state index < -0.39 is 18.0 Å². The molecule has 3 rings (SSSR count). The summed E-state index contributed by atoms with van der Waals surface area (Å²) in [6.07, 6.45) is 0.0985. The normalized spacial score (nSPS) is 14.3. The molecule has 1 aliphatic heterocycles. The largest absolute Gasteiger partial charge is 0.449 e. The zero-order valence-corrected chi connectivity index (χ0v) is 15.3. The van der Waals surface area contributed by atoms with Gasteiger partial charge in [0.15, 0.2) is 6.10 Å². The lowest BCUT2D eigenvalue weighted by Gasteiger charge is -2.20. The Hall–Kier alpha value is -3.66. The summed E-state index contributed by atoms with van der Waals surface area (Å²) in [6, 6.07) is 15.2. The zero-order valence-electron chi connectivity index (χ0n) is 15.3. The van der Waals surface area contributed by atoms with E-state index in [2.05, 4.69) is 5.32 Å². The Bertz CT molecular complexity index is 964. The van der Waals surface area contributed by atoms with Crippen molar-refractivity contribution < 1.29 is 19.1 Å². The molecule has 0 aromatic heterocycles. The van der Waals surface area contributed by atoms with Crippen LogP contribution in [0.4, 0.5) is 11.4 Å². The summed E-state index contributed by atoms with van der Waals surface area (Å²) in [6.45, 7) is 2.00. The van der Waals surface area contributed by atoms with Crippen molar-refractivity contribution in [2.24, 2.45) is 0 Å². The van der Waals surface area contributed by atoms with Crippen molar-refractivity contribution in [3.63, 3.8) is 0 Å². The first kappa shape index (κ1) is 19.1. The predicted molar refractivity (Wildman–Crippen MR) is 103 cm³/mol. The Morgan fingerprint density at radius 1 is 1.18 bits per heavy atom. The highest BCUT2D eigenvalue weighted by atomic mass is 16.5. The van der Waals surface area contributed by atoms with Crippen LogP contribution in [0.5, 0.6) is 0 Å². The highest BCUT2D eigenvalue weighted by molar-refractivity contribution is 6.04. The molecule has 28 heavy (non-hydrogen) atoms. The average Bonchev–Trinajstić information content (AvgIpc) is 3.14. The Balaban J connectivity index is 1.72. The lowest BCUT2D eigenvalue weighted by Crippen LogP contribution is -2.31. The molecule has 0 unspecified atom stereocenters. The van der Waals surface area contributed by atoms with Crippen LogP contribution in [-0.4, -0.2) is 30.4 Å². The lowest BCUT2D eigenvalue weighted by atomic mass is 10.1. The van der Waals surface area contributed by atoms with E-state index in [0.29, 0.717) is 29.9 Å². The summed E-state index contributed by atoms with van der Waals surface area (Å²) in [5.41, 5.74) is 1.38. The van der Waals surface area contributed by atoms with Crippen LogP contribution in [0.1, 0.15) is 35.7 Å². The van der Waals surface area contributed by atoms with Gasteiger partial charge in [-0.25, -0.2) is 4.79 Å². The molecule has 7 nitrogen and oxygen atoms in total. The van der Waals surface area contributed by atoms with Crippen molar-refractivity contribution in [3.05, 3.63) is 59.7 Å². The summed E-state index contributed by atoms with van der Waals surface area (Å²) >= 11 is 0. The number of rotatable bonds is 5. The minimum atomic E-state index is -1.08. The molecule has 7 heteroatoms. The molecule has 0 saturated carbocycles. The molecule has 0 spiro atoms. The highest BCUT2D eigenvalue weighted by Crippen LogP contribution is 2.26. The number of hydrogen-bond acceptors (Lipinski definition) is 5. The van der Waals surface area contributed by atoms with Crippen LogP contribution in [0.15, 0.2) is 48.5 Å². The molecule has 0 aliphatic carbocycles. The second-order valence-electron chi connectivity index (χ2n) is 6.36. The number of nitrogens with one attached hydrogen (secondary N) is 1. The number of hydrogen-bond donors (Lipinski definition) is 1. The maximum Gasteiger partial charge on any atom is 0.341 e. The number of nitrogens with zero attached hydrogens (tertiary/aromatic N) is 2. The molecule has 1 N–H and O–H groups in total. The number of anilines is 2. The minimum absolute atomic E-state index is 0.0425. The molecular weight excluding hydrogens is 358 g/mol. The van der Waals surface area contributed by atoms with E-state index in [1.54, 1.807) is 53.4 Å².